The van der Waals surface area contributed by atoms with Crippen LogP contribution >= 0.6 is 43.6 Å². The van der Waals surface area contributed by atoms with Crippen LogP contribution in [0.5, 0.6) is 0 Å². The van der Waals surface area contributed by atoms with Crippen LogP contribution in [0.4, 0.5) is 0 Å². The minimum absolute atomic E-state index is 0.149. The monoisotopic (exact) mass is 497 g/mol. The Bertz CT molecular complexity index is 996. The van der Waals surface area contributed by atoms with Crippen molar-refractivity contribution in [3.63, 3.8) is 0 Å². The van der Waals surface area contributed by atoms with Crippen molar-refractivity contribution in [2.45, 2.75) is 43.0 Å². The molecule has 0 atom stereocenters. The molecule has 2 N–H and O–H groups in total. The minimum atomic E-state index is -0.149. The van der Waals surface area contributed by atoms with Crippen LogP contribution < -0.4 is 5.56 Å². The lowest BCUT2D eigenvalue weighted by molar-refractivity contribution is 0.531. The lowest BCUT2D eigenvalue weighted by Gasteiger charge is -2.04. The van der Waals surface area contributed by atoms with Crippen LogP contribution in [0.1, 0.15) is 37.3 Å². The van der Waals surface area contributed by atoms with Gasteiger partial charge in [-0.15, -0.1) is 5.10 Å². The Morgan fingerprint density at radius 1 is 1.15 bits per heavy atom. The van der Waals surface area contributed by atoms with Gasteiger partial charge >= 0.3 is 0 Å². The molecular weight excluding hydrogens is 482 g/mol. The number of rotatable bonds is 5. The molecule has 26 heavy (non-hydrogen) atoms. The first-order valence-electron chi connectivity index (χ1n) is 8.50. The SMILES string of the molecule is O=c1[nH]c(CSc2n[nH]c(CC3CCCC3)n2)nc2c(Br)cc(Br)cc12. The van der Waals surface area contributed by atoms with Crippen LogP contribution in [0.15, 0.2) is 31.0 Å². The third-order valence-electron chi connectivity index (χ3n) is 4.58. The predicted octanol–water partition coefficient (Wildman–Crippen LogP) is 4.59. The van der Waals surface area contributed by atoms with E-state index in [1.54, 1.807) is 6.07 Å². The molecule has 0 bridgehead atoms. The number of halogens is 2. The highest BCUT2D eigenvalue weighted by Gasteiger charge is 2.17. The third-order valence-corrected chi connectivity index (χ3v) is 6.50. The Morgan fingerprint density at radius 3 is 2.77 bits per heavy atom. The van der Waals surface area contributed by atoms with Crippen LogP contribution in [0.25, 0.3) is 10.9 Å². The average Bonchev–Trinajstić information content (AvgIpc) is 3.26. The van der Waals surface area contributed by atoms with Crippen molar-refractivity contribution in [3.05, 3.63) is 43.1 Å². The summed E-state index contributed by atoms with van der Waals surface area (Å²) in [6.45, 7) is 0. The number of H-pyrrole nitrogens is 2. The van der Waals surface area contributed by atoms with Crippen LogP contribution in [-0.2, 0) is 12.2 Å². The van der Waals surface area contributed by atoms with Crippen LogP contribution in [0, 0.1) is 5.92 Å². The van der Waals surface area contributed by atoms with Crippen LogP contribution in [0.2, 0.25) is 0 Å². The van der Waals surface area contributed by atoms with Gasteiger partial charge in [0.15, 0.2) is 0 Å². The van der Waals surface area contributed by atoms with E-state index < -0.39 is 0 Å². The van der Waals surface area contributed by atoms with Gasteiger partial charge in [0, 0.05) is 15.4 Å². The fraction of sp³-hybridized carbons (Fsp3) is 0.412. The van der Waals surface area contributed by atoms with Crippen molar-refractivity contribution in [2.75, 3.05) is 0 Å². The molecule has 1 saturated carbocycles. The summed E-state index contributed by atoms with van der Waals surface area (Å²) >= 11 is 8.34. The molecule has 0 unspecified atom stereocenters. The summed E-state index contributed by atoms with van der Waals surface area (Å²) in [5.74, 6) is 2.80. The number of nitrogens with one attached hydrogen (secondary N) is 2. The molecule has 0 spiro atoms. The highest BCUT2D eigenvalue weighted by Crippen LogP contribution is 2.28. The van der Waals surface area contributed by atoms with Crippen molar-refractivity contribution in [2.24, 2.45) is 5.92 Å². The van der Waals surface area contributed by atoms with Gasteiger partial charge in [-0.2, -0.15) is 0 Å². The molecule has 6 nitrogen and oxygen atoms in total. The zero-order valence-corrected chi connectivity index (χ0v) is 17.9. The third kappa shape index (κ3) is 4.04. The quantitative estimate of drug-likeness (QED) is 0.502. The van der Waals surface area contributed by atoms with E-state index in [4.69, 9.17) is 0 Å². The molecule has 0 saturated heterocycles. The van der Waals surface area contributed by atoms with E-state index in [9.17, 15) is 4.79 Å². The zero-order chi connectivity index (χ0) is 18.1. The van der Waals surface area contributed by atoms with Crippen molar-refractivity contribution in [1.29, 1.82) is 0 Å². The number of nitrogens with zero attached hydrogens (tertiary/aromatic N) is 3. The lowest BCUT2D eigenvalue weighted by Crippen LogP contribution is -2.11. The zero-order valence-electron chi connectivity index (χ0n) is 13.9. The smallest absolute Gasteiger partial charge is 0.258 e. The van der Waals surface area contributed by atoms with Crippen molar-refractivity contribution in [3.8, 4) is 0 Å². The molecular formula is C17H17Br2N5OS. The van der Waals surface area contributed by atoms with Gasteiger partial charge in [0.25, 0.3) is 5.56 Å². The summed E-state index contributed by atoms with van der Waals surface area (Å²) in [6.07, 6.45) is 6.20. The van der Waals surface area contributed by atoms with Gasteiger partial charge in [-0.05, 0) is 34.0 Å². The van der Waals surface area contributed by atoms with Gasteiger partial charge in [-0.25, -0.2) is 9.97 Å². The van der Waals surface area contributed by atoms with Gasteiger partial charge in [-0.1, -0.05) is 53.4 Å². The molecule has 136 valence electrons. The topological polar surface area (TPSA) is 87.3 Å². The molecule has 4 rings (SSSR count). The number of thioether (sulfide) groups is 1. The summed E-state index contributed by atoms with van der Waals surface area (Å²) in [5, 5.41) is 8.56. The molecule has 2 aromatic heterocycles. The molecule has 1 fully saturated rings. The van der Waals surface area contributed by atoms with E-state index in [2.05, 4.69) is 57.0 Å². The second-order valence-electron chi connectivity index (χ2n) is 6.50. The Kier molecular flexibility index (Phi) is 5.47. The normalized spacial score (nSPS) is 15.2. The molecule has 9 heteroatoms. The summed E-state index contributed by atoms with van der Waals surface area (Å²) < 4.78 is 1.62. The van der Waals surface area contributed by atoms with Gasteiger partial charge in [-0.3, -0.25) is 9.89 Å². The highest BCUT2D eigenvalue weighted by molar-refractivity contribution is 9.11. The molecule has 3 aromatic rings. The van der Waals surface area contributed by atoms with E-state index >= 15 is 0 Å². The largest absolute Gasteiger partial charge is 0.309 e. The first kappa shape index (κ1) is 18.2. The molecule has 1 aromatic carbocycles. The summed E-state index contributed by atoms with van der Waals surface area (Å²) in [7, 11) is 0. The van der Waals surface area contributed by atoms with Gasteiger partial charge in [0.1, 0.15) is 11.6 Å². The van der Waals surface area contributed by atoms with E-state index in [0.717, 1.165) is 27.1 Å². The van der Waals surface area contributed by atoms with Gasteiger partial charge in [0.2, 0.25) is 5.16 Å². The minimum Gasteiger partial charge on any atom is -0.309 e. The molecule has 0 amide bonds. The van der Waals surface area contributed by atoms with E-state index in [-0.39, 0.29) is 5.56 Å². The second-order valence-corrected chi connectivity index (χ2v) is 9.22. The number of aromatic nitrogens is 5. The molecule has 0 radical (unpaired) electrons. The van der Waals surface area contributed by atoms with Crippen molar-refractivity contribution < 1.29 is 0 Å². The fourth-order valence-corrected chi connectivity index (χ4v) is 5.34. The number of benzene rings is 1. The van der Waals surface area contributed by atoms with Crippen molar-refractivity contribution >= 4 is 54.5 Å². The highest BCUT2D eigenvalue weighted by atomic mass is 79.9. The molecule has 1 aliphatic carbocycles. The van der Waals surface area contributed by atoms with E-state index in [1.807, 2.05) is 6.07 Å². The first-order chi connectivity index (χ1) is 12.6. The number of aromatic amines is 2. The summed E-state index contributed by atoms with van der Waals surface area (Å²) in [5.41, 5.74) is 0.508. The second kappa shape index (κ2) is 7.82. The molecule has 0 aliphatic heterocycles. The van der Waals surface area contributed by atoms with Crippen LogP contribution in [0.3, 0.4) is 0 Å². The fourth-order valence-electron chi connectivity index (χ4n) is 3.34. The average molecular weight is 499 g/mol. The van der Waals surface area contributed by atoms with Crippen molar-refractivity contribution in [1.82, 2.24) is 25.1 Å². The Balaban J connectivity index is 1.48. The Hall–Kier alpha value is -1.19. The van der Waals surface area contributed by atoms with Gasteiger partial charge < -0.3 is 4.98 Å². The number of fused-ring (bicyclic) bond motifs is 1. The van der Waals surface area contributed by atoms with Crippen LogP contribution in [-0.4, -0.2) is 25.1 Å². The molecule has 2 heterocycles. The first-order valence-corrected chi connectivity index (χ1v) is 11.1. The Labute approximate surface area is 171 Å². The predicted molar refractivity (Wildman–Crippen MR) is 109 cm³/mol. The maximum Gasteiger partial charge on any atom is 0.258 e. The number of hydrogen-bond acceptors (Lipinski definition) is 5. The number of hydrogen-bond donors (Lipinski definition) is 2. The maximum absolute atomic E-state index is 12.3. The van der Waals surface area contributed by atoms with E-state index in [0.29, 0.717) is 27.6 Å². The summed E-state index contributed by atoms with van der Waals surface area (Å²) in [4.78, 5) is 24.3. The Morgan fingerprint density at radius 2 is 1.96 bits per heavy atom. The maximum atomic E-state index is 12.3. The van der Waals surface area contributed by atoms with Gasteiger partial charge in [0.05, 0.1) is 16.7 Å². The molecule has 1 aliphatic rings. The van der Waals surface area contributed by atoms with E-state index in [1.165, 1.54) is 37.4 Å². The standard InChI is InChI=1S/C17H17Br2N5OS/c18-10-6-11-15(12(19)7-10)20-14(21-16(11)25)8-26-17-22-13(23-24-17)5-9-3-1-2-4-9/h6-7,9H,1-5,8H2,(H,20,21,25)(H,22,23,24). The summed E-state index contributed by atoms with van der Waals surface area (Å²) in [6, 6.07) is 3.66. The lowest BCUT2D eigenvalue weighted by atomic mass is 10.0.